The molecule has 1 saturated carbocycles. The van der Waals surface area contributed by atoms with Crippen LogP contribution in [-0.4, -0.2) is 22.4 Å². The summed E-state index contributed by atoms with van der Waals surface area (Å²) in [6.07, 6.45) is 1.68. The molecule has 4 nitrogen and oxygen atoms in total. The van der Waals surface area contributed by atoms with Crippen molar-refractivity contribution >= 4 is 23.4 Å². The minimum atomic E-state index is -0.580. The normalized spacial score (nSPS) is 16.6. The third-order valence-electron chi connectivity index (χ3n) is 3.05. The fourth-order valence-electron chi connectivity index (χ4n) is 1.87. The van der Waals surface area contributed by atoms with Gasteiger partial charge >= 0.3 is 6.09 Å². The molecule has 1 amide bonds. The molecule has 1 fully saturated rings. The summed E-state index contributed by atoms with van der Waals surface area (Å²) in [5, 5.41) is 13.1. The van der Waals surface area contributed by atoms with Crippen LogP contribution in [0.15, 0.2) is 18.2 Å². The fourth-order valence-corrected chi connectivity index (χ4v) is 2.11. The Morgan fingerprint density at radius 2 is 2.10 bits per heavy atom. The van der Waals surface area contributed by atoms with E-state index in [9.17, 15) is 9.90 Å². The number of amides is 1. The van der Waals surface area contributed by atoms with Crippen molar-refractivity contribution in [2.24, 2.45) is 0 Å². The third-order valence-corrected chi connectivity index (χ3v) is 3.40. The molecule has 0 heterocycles. The predicted molar refractivity (Wildman–Crippen MR) is 79.2 cm³/mol. The molecule has 0 atom stereocenters. The minimum Gasteiger partial charge on any atom is -0.444 e. The molecule has 1 aliphatic rings. The van der Waals surface area contributed by atoms with Gasteiger partial charge in [0.2, 0.25) is 0 Å². The Bertz CT molecular complexity index is 518. The topological polar surface area (TPSA) is 58.6 Å². The molecule has 0 saturated heterocycles. The quantitative estimate of drug-likeness (QED) is 0.893. The Hall–Kier alpha value is -1.26. The van der Waals surface area contributed by atoms with Crippen LogP contribution in [0.25, 0.3) is 0 Å². The number of carbonyl (C=O) groups is 1. The lowest BCUT2D eigenvalue weighted by atomic mass is 10.1. The molecule has 0 aromatic heterocycles. The number of hydrogen-bond donors (Lipinski definition) is 2. The highest BCUT2D eigenvalue weighted by Crippen LogP contribution is 2.39. The van der Waals surface area contributed by atoms with E-state index in [-0.39, 0.29) is 0 Å². The van der Waals surface area contributed by atoms with Gasteiger partial charge < -0.3 is 9.84 Å². The van der Waals surface area contributed by atoms with Crippen molar-refractivity contribution in [1.29, 1.82) is 0 Å². The van der Waals surface area contributed by atoms with Gasteiger partial charge in [-0.15, -0.1) is 0 Å². The van der Waals surface area contributed by atoms with Crippen LogP contribution in [0.1, 0.15) is 39.2 Å². The smallest absolute Gasteiger partial charge is 0.412 e. The number of benzene rings is 1. The highest BCUT2D eigenvalue weighted by molar-refractivity contribution is 6.31. The van der Waals surface area contributed by atoms with Gasteiger partial charge in [0.25, 0.3) is 0 Å². The molecule has 2 rings (SSSR count). The van der Waals surface area contributed by atoms with Gasteiger partial charge in [0.05, 0.1) is 5.60 Å². The molecule has 0 radical (unpaired) electrons. The Morgan fingerprint density at radius 1 is 1.45 bits per heavy atom. The van der Waals surface area contributed by atoms with E-state index in [2.05, 4.69) is 5.32 Å². The van der Waals surface area contributed by atoms with Gasteiger partial charge in [-0.25, -0.2) is 4.79 Å². The van der Waals surface area contributed by atoms with Crippen molar-refractivity contribution in [2.75, 3.05) is 5.32 Å². The molecular formula is C15H20ClNO3. The van der Waals surface area contributed by atoms with Crippen LogP contribution >= 0.6 is 11.6 Å². The van der Waals surface area contributed by atoms with Crippen LogP contribution in [0.4, 0.5) is 10.5 Å². The van der Waals surface area contributed by atoms with Crippen molar-refractivity contribution in [1.82, 2.24) is 0 Å². The minimum absolute atomic E-state index is 0.512. The average molecular weight is 298 g/mol. The van der Waals surface area contributed by atoms with E-state index in [1.54, 1.807) is 32.9 Å². The maximum absolute atomic E-state index is 11.6. The maximum Gasteiger partial charge on any atom is 0.412 e. The Balaban J connectivity index is 2.00. The summed E-state index contributed by atoms with van der Waals surface area (Å²) in [5.41, 5.74) is 0.351. The number of rotatable bonds is 3. The SMILES string of the molecule is CC(C)(C)OC(=O)Nc1ccc(CC2(O)CC2)c(Cl)c1. The van der Waals surface area contributed by atoms with Crippen LogP contribution in [-0.2, 0) is 11.2 Å². The van der Waals surface area contributed by atoms with Gasteiger partial charge in [-0.3, -0.25) is 5.32 Å². The molecule has 2 N–H and O–H groups in total. The molecule has 5 heteroatoms. The number of halogens is 1. The Kier molecular flexibility index (Phi) is 3.98. The first-order chi connectivity index (χ1) is 9.17. The van der Waals surface area contributed by atoms with Crippen LogP contribution in [0.2, 0.25) is 5.02 Å². The molecule has 0 bridgehead atoms. The molecule has 0 unspecified atom stereocenters. The number of carbonyl (C=O) groups excluding carboxylic acids is 1. The van der Waals surface area contributed by atoms with E-state index in [1.807, 2.05) is 6.07 Å². The van der Waals surface area contributed by atoms with E-state index in [0.717, 1.165) is 18.4 Å². The standard InChI is InChI=1S/C15H20ClNO3/c1-14(2,3)20-13(18)17-11-5-4-10(12(16)8-11)9-15(19)6-7-15/h4-5,8,19H,6-7,9H2,1-3H3,(H,17,18). The zero-order chi connectivity index (χ0) is 15.0. The Labute approximate surface area is 124 Å². The van der Waals surface area contributed by atoms with Crippen LogP contribution in [0, 0.1) is 0 Å². The summed E-state index contributed by atoms with van der Waals surface area (Å²) >= 11 is 6.18. The van der Waals surface area contributed by atoms with Gasteiger partial charge in [-0.2, -0.15) is 0 Å². The number of anilines is 1. The van der Waals surface area contributed by atoms with Gasteiger partial charge in [0.1, 0.15) is 5.60 Å². The summed E-state index contributed by atoms with van der Waals surface area (Å²) in [4.78, 5) is 11.6. The van der Waals surface area contributed by atoms with Gasteiger partial charge in [-0.1, -0.05) is 17.7 Å². The molecule has 110 valence electrons. The summed E-state index contributed by atoms with van der Waals surface area (Å²) in [5.74, 6) is 0. The molecule has 1 aromatic carbocycles. The summed E-state index contributed by atoms with van der Waals surface area (Å²) in [7, 11) is 0. The molecule has 1 aliphatic carbocycles. The lowest BCUT2D eigenvalue weighted by Crippen LogP contribution is -2.27. The summed E-state index contributed by atoms with van der Waals surface area (Å²) in [6, 6.07) is 5.26. The number of aliphatic hydroxyl groups is 1. The molecule has 1 aromatic rings. The maximum atomic E-state index is 11.6. The number of ether oxygens (including phenoxy) is 1. The second kappa shape index (κ2) is 5.26. The van der Waals surface area contributed by atoms with Crippen molar-refractivity contribution in [3.05, 3.63) is 28.8 Å². The lowest BCUT2D eigenvalue weighted by molar-refractivity contribution is 0.0636. The highest BCUT2D eigenvalue weighted by atomic mass is 35.5. The second-order valence-corrected chi connectivity index (χ2v) is 6.74. The van der Waals surface area contributed by atoms with Crippen molar-refractivity contribution < 1.29 is 14.6 Å². The Morgan fingerprint density at radius 3 is 2.60 bits per heavy atom. The number of nitrogens with one attached hydrogen (secondary N) is 1. The monoisotopic (exact) mass is 297 g/mol. The average Bonchev–Trinajstić information content (AvgIpc) is 2.98. The second-order valence-electron chi connectivity index (χ2n) is 6.33. The first-order valence-corrected chi connectivity index (χ1v) is 7.06. The zero-order valence-electron chi connectivity index (χ0n) is 12.0. The first-order valence-electron chi connectivity index (χ1n) is 6.68. The van der Waals surface area contributed by atoms with E-state index >= 15 is 0 Å². The summed E-state index contributed by atoms with van der Waals surface area (Å²) in [6.45, 7) is 5.41. The van der Waals surface area contributed by atoms with E-state index in [1.165, 1.54) is 0 Å². The molecular weight excluding hydrogens is 278 g/mol. The predicted octanol–water partition coefficient (Wildman–Crippen LogP) is 3.75. The fraction of sp³-hybridized carbons (Fsp3) is 0.533. The molecule has 0 spiro atoms. The van der Waals surface area contributed by atoms with Gasteiger partial charge in [0.15, 0.2) is 0 Å². The number of hydrogen-bond acceptors (Lipinski definition) is 3. The van der Waals surface area contributed by atoms with E-state index in [4.69, 9.17) is 16.3 Å². The van der Waals surface area contributed by atoms with Crippen LogP contribution in [0.3, 0.4) is 0 Å². The van der Waals surface area contributed by atoms with Gasteiger partial charge in [-0.05, 0) is 51.3 Å². The molecule has 0 aliphatic heterocycles. The highest BCUT2D eigenvalue weighted by Gasteiger charge is 2.40. The van der Waals surface area contributed by atoms with E-state index < -0.39 is 17.3 Å². The van der Waals surface area contributed by atoms with Gasteiger partial charge in [0, 0.05) is 17.1 Å². The lowest BCUT2D eigenvalue weighted by Gasteiger charge is -2.20. The first kappa shape index (κ1) is 15.1. The largest absolute Gasteiger partial charge is 0.444 e. The van der Waals surface area contributed by atoms with Crippen molar-refractivity contribution in [3.8, 4) is 0 Å². The van der Waals surface area contributed by atoms with E-state index in [0.29, 0.717) is 17.1 Å². The van der Waals surface area contributed by atoms with Crippen LogP contribution in [0.5, 0.6) is 0 Å². The summed E-state index contributed by atoms with van der Waals surface area (Å²) < 4.78 is 5.17. The van der Waals surface area contributed by atoms with Crippen molar-refractivity contribution in [3.63, 3.8) is 0 Å². The zero-order valence-corrected chi connectivity index (χ0v) is 12.8. The molecule has 20 heavy (non-hydrogen) atoms. The third kappa shape index (κ3) is 4.39. The van der Waals surface area contributed by atoms with Crippen molar-refractivity contribution in [2.45, 2.75) is 51.2 Å². The van der Waals surface area contributed by atoms with Crippen LogP contribution < -0.4 is 5.32 Å².